The minimum Gasteiger partial charge on any atom is -0.379 e. The number of nitrogens with zero attached hydrogens (tertiary/aromatic N) is 3. The molecule has 0 radical (unpaired) electrons. The number of ether oxygens (including phenoxy) is 1. The van der Waals surface area contributed by atoms with Crippen molar-refractivity contribution in [3.63, 3.8) is 0 Å². The van der Waals surface area contributed by atoms with Gasteiger partial charge in [-0.1, -0.05) is 18.2 Å². The van der Waals surface area contributed by atoms with Crippen LogP contribution in [0.15, 0.2) is 35.3 Å². The summed E-state index contributed by atoms with van der Waals surface area (Å²) in [7, 11) is 1.84. The first-order valence-electron chi connectivity index (χ1n) is 10.4. The van der Waals surface area contributed by atoms with Crippen molar-refractivity contribution in [2.75, 3.05) is 71.0 Å². The number of rotatable bonds is 11. The largest absolute Gasteiger partial charge is 0.379 e. The lowest BCUT2D eigenvalue weighted by molar-refractivity contribution is 0.0372. The highest BCUT2D eigenvalue weighted by Gasteiger charge is 2.09. The third-order valence-electron chi connectivity index (χ3n) is 4.92. The Morgan fingerprint density at radius 3 is 2.44 bits per heavy atom. The third kappa shape index (κ3) is 8.63. The van der Waals surface area contributed by atoms with Crippen LogP contribution < -0.4 is 15.5 Å². The van der Waals surface area contributed by atoms with Gasteiger partial charge >= 0.3 is 0 Å². The lowest BCUT2D eigenvalue weighted by Gasteiger charge is -2.26. The Hall–Kier alpha value is -1.79. The molecule has 1 heterocycles. The van der Waals surface area contributed by atoms with Crippen LogP contribution in [-0.2, 0) is 4.74 Å². The van der Waals surface area contributed by atoms with Crippen LogP contribution in [0.3, 0.4) is 0 Å². The van der Waals surface area contributed by atoms with Gasteiger partial charge in [0.2, 0.25) is 0 Å². The van der Waals surface area contributed by atoms with Gasteiger partial charge in [-0.3, -0.25) is 9.89 Å². The minimum absolute atomic E-state index is 0.883. The Kier molecular flexibility index (Phi) is 10.7. The topological polar surface area (TPSA) is 52.1 Å². The zero-order valence-electron chi connectivity index (χ0n) is 17.1. The second-order valence-electron chi connectivity index (χ2n) is 6.86. The van der Waals surface area contributed by atoms with Gasteiger partial charge < -0.3 is 20.3 Å². The summed E-state index contributed by atoms with van der Waals surface area (Å²) in [5.41, 5.74) is 1.29. The minimum atomic E-state index is 0.883. The molecule has 0 aliphatic carbocycles. The molecule has 1 aromatic carbocycles. The number of hydrogen-bond acceptors (Lipinski definition) is 4. The van der Waals surface area contributed by atoms with E-state index in [1.165, 1.54) is 18.7 Å². The van der Waals surface area contributed by atoms with Gasteiger partial charge in [0.25, 0.3) is 0 Å². The predicted molar refractivity (Wildman–Crippen MR) is 115 cm³/mol. The van der Waals surface area contributed by atoms with E-state index in [0.717, 1.165) is 71.3 Å². The molecule has 0 aromatic heterocycles. The molecule has 6 heteroatoms. The molecule has 0 unspecified atom stereocenters. The van der Waals surface area contributed by atoms with Gasteiger partial charge in [-0.15, -0.1) is 0 Å². The number of hydrogen-bond donors (Lipinski definition) is 2. The fourth-order valence-corrected chi connectivity index (χ4v) is 3.30. The fourth-order valence-electron chi connectivity index (χ4n) is 3.30. The molecule has 1 aromatic rings. The lowest BCUT2D eigenvalue weighted by atomic mass is 10.2. The lowest BCUT2D eigenvalue weighted by Crippen LogP contribution is -2.40. The van der Waals surface area contributed by atoms with Crippen LogP contribution in [0.1, 0.15) is 26.2 Å². The van der Waals surface area contributed by atoms with E-state index in [4.69, 9.17) is 4.74 Å². The smallest absolute Gasteiger partial charge is 0.190 e. The number of aliphatic imine (C=N–C) groups is 1. The average Bonchev–Trinajstić information content (AvgIpc) is 2.73. The molecule has 27 heavy (non-hydrogen) atoms. The van der Waals surface area contributed by atoms with E-state index >= 15 is 0 Å². The molecule has 0 atom stereocenters. The molecule has 1 fully saturated rings. The molecule has 1 aliphatic heterocycles. The second kappa shape index (κ2) is 13.4. The maximum atomic E-state index is 5.39. The van der Waals surface area contributed by atoms with Crippen molar-refractivity contribution in [1.82, 2.24) is 15.5 Å². The summed E-state index contributed by atoms with van der Waals surface area (Å²) in [5.74, 6) is 0.907. The number of benzene rings is 1. The zero-order valence-corrected chi connectivity index (χ0v) is 17.1. The van der Waals surface area contributed by atoms with E-state index in [0.29, 0.717) is 0 Å². The molecule has 1 aliphatic rings. The molecule has 0 saturated carbocycles. The summed E-state index contributed by atoms with van der Waals surface area (Å²) < 4.78 is 5.39. The van der Waals surface area contributed by atoms with Crippen molar-refractivity contribution >= 4 is 11.6 Å². The Balaban J connectivity index is 1.53. The first-order chi connectivity index (χ1) is 13.3. The van der Waals surface area contributed by atoms with E-state index < -0.39 is 0 Å². The summed E-state index contributed by atoms with van der Waals surface area (Å²) in [4.78, 5) is 9.22. The summed E-state index contributed by atoms with van der Waals surface area (Å²) in [6.45, 7) is 11.3. The molecule has 2 N–H and O–H groups in total. The van der Waals surface area contributed by atoms with Gasteiger partial charge in [0.1, 0.15) is 0 Å². The van der Waals surface area contributed by atoms with Crippen LogP contribution in [0.25, 0.3) is 0 Å². The Morgan fingerprint density at radius 1 is 1.07 bits per heavy atom. The van der Waals surface area contributed by atoms with Gasteiger partial charge in [-0.25, -0.2) is 0 Å². The van der Waals surface area contributed by atoms with Crippen molar-refractivity contribution < 1.29 is 4.74 Å². The number of para-hydroxylation sites is 1. The molecule has 6 nitrogen and oxygen atoms in total. The van der Waals surface area contributed by atoms with Crippen LogP contribution in [0, 0.1) is 0 Å². The van der Waals surface area contributed by atoms with E-state index in [1.54, 1.807) is 0 Å². The van der Waals surface area contributed by atoms with Crippen LogP contribution in [-0.4, -0.2) is 76.9 Å². The maximum Gasteiger partial charge on any atom is 0.190 e. The van der Waals surface area contributed by atoms with Gasteiger partial charge in [-0.05, 0) is 44.9 Å². The molecule has 1 saturated heterocycles. The van der Waals surface area contributed by atoms with E-state index in [9.17, 15) is 0 Å². The number of unbranched alkanes of at least 4 members (excludes halogenated alkanes) is 1. The summed E-state index contributed by atoms with van der Waals surface area (Å²) in [6.07, 6.45) is 3.46. The molecule has 152 valence electrons. The normalized spacial score (nSPS) is 15.6. The van der Waals surface area contributed by atoms with Gasteiger partial charge in [-0.2, -0.15) is 0 Å². The third-order valence-corrected chi connectivity index (χ3v) is 4.92. The van der Waals surface area contributed by atoms with Crippen molar-refractivity contribution in [3.8, 4) is 0 Å². The highest BCUT2D eigenvalue weighted by Crippen LogP contribution is 2.12. The Bertz CT molecular complexity index is 517. The zero-order chi connectivity index (χ0) is 19.2. The molecule has 0 amide bonds. The summed E-state index contributed by atoms with van der Waals surface area (Å²) in [5, 5.41) is 6.85. The van der Waals surface area contributed by atoms with Gasteiger partial charge in [0, 0.05) is 52.0 Å². The van der Waals surface area contributed by atoms with E-state index in [-0.39, 0.29) is 0 Å². The SMILES string of the molecule is CCN(CCCNC(=NC)NCCCCN1CCOCC1)c1ccccc1. The second-order valence-corrected chi connectivity index (χ2v) is 6.86. The van der Waals surface area contributed by atoms with Crippen LogP contribution >= 0.6 is 0 Å². The fraction of sp³-hybridized carbons (Fsp3) is 0.667. The van der Waals surface area contributed by atoms with E-state index in [1.807, 2.05) is 7.05 Å². The number of morpholine rings is 1. The first kappa shape index (κ1) is 21.5. The number of guanidine groups is 1. The number of anilines is 1. The molecular formula is C21H37N5O. The standard InChI is InChI=1S/C21H37N5O/c1-3-26(20-10-5-4-6-11-20)15-9-13-24-21(22-2)23-12-7-8-14-25-16-18-27-19-17-25/h4-6,10-11H,3,7-9,12-19H2,1-2H3,(H2,22,23,24). The average molecular weight is 376 g/mol. The molecule has 0 bridgehead atoms. The van der Waals surface area contributed by atoms with Crippen molar-refractivity contribution in [2.24, 2.45) is 4.99 Å². The van der Waals surface area contributed by atoms with Crippen LogP contribution in [0.5, 0.6) is 0 Å². The van der Waals surface area contributed by atoms with E-state index in [2.05, 4.69) is 62.7 Å². The predicted octanol–water partition coefficient (Wildman–Crippen LogP) is 2.18. The Morgan fingerprint density at radius 2 is 1.78 bits per heavy atom. The van der Waals surface area contributed by atoms with Crippen molar-refractivity contribution in [1.29, 1.82) is 0 Å². The highest BCUT2D eigenvalue weighted by atomic mass is 16.5. The van der Waals surface area contributed by atoms with Gasteiger partial charge in [0.15, 0.2) is 5.96 Å². The van der Waals surface area contributed by atoms with Crippen molar-refractivity contribution in [2.45, 2.75) is 26.2 Å². The first-order valence-corrected chi connectivity index (χ1v) is 10.4. The van der Waals surface area contributed by atoms with Crippen LogP contribution in [0.4, 0.5) is 5.69 Å². The number of nitrogens with one attached hydrogen (secondary N) is 2. The quantitative estimate of drug-likeness (QED) is 0.353. The monoisotopic (exact) mass is 375 g/mol. The highest BCUT2D eigenvalue weighted by molar-refractivity contribution is 5.79. The molecule has 0 spiro atoms. The van der Waals surface area contributed by atoms with Crippen LogP contribution in [0.2, 0.25) is 0 Å². The summed E-state index contributed by atoms with van der Waals surface area (Å²) in [6, 6.07) is 10.6. The Labute approximate surface area is 165 Å². The van der Waals surface area contributed by atoms with Crippen molar-refractivity contribution in [3.05, 3.63) is 30.3 Å². The molecular weight excluding hydrogens is 338 g/mol. The van der Waals surface area contributed by atoms with Gasteiger partial charge in [0.05, 0.1) is 13.2 Å². The summed E-state index contributed by atoms with van der Waals surface area (Å²) >= 11 is 0. The molecule has 2 rings (SSSR count). The maximum absolute atomic E-state index is 5.39.